The lowest BCUT2D eigenvalue weighted by Crippen LogP contribution is -2.46. The fourth-order valence-corrected chi connectivity index (χ4v) is 3.08. The van der Waals surface area contributed by atoms with Crippen molar-refractivity contribution in [2.45, 2.75) is 33.4 Å². The van der Waals surface area contributed by atoms with Crippen molar-refractivity contribution < 1.29 is 4.79 Å². The third kappa shape index (κ3) is 4.63. The van der Waals surface area contributed by atoms with Crippen molar-refractivity contribution in [1.29, 1.82) is 0 Å². The van der Waals surface area contributed by atoms with E-state index in [2.05, 4.69) is 10.4 Å². The fourth-order valence-electron chi connectivity index (χ4n) is 2.90. The molecule has 0 saturated carbocycles. The molecule has 8 heteroatoms. The summed E-state index contributed by atoms with van der Waals surface area (Å²) < 4.78 is 2.04. The van der Waals surface area contributed by atoms with E-state index < -0.39 is 17.2 Å². The minimum absolute atomic E-state index is 0.0182. The van der Waals surface area contributed by atoms with Crippen LogP contribution in [-0.4, -0.2) is 26.3 Å². The molecule has 29 heavy (non-hydrogen) atoms. The number of carbonyl (C=O) groups excluding carboxylic acids is 1. The van der Waals surface area contributed by atoms with Crippen LogP contribution in [0.4, 0.5) is 0 Å². The summed E-state index contributed by atoms with van der Waals surface area (Å²) in [7, 11) is 0. The quantitative estimate of drug-likeness (QED) is 0.697. The maximum Gasteiger partial charge on any atom is 0.352 e. The number of hydrogen-bond donors (Lipinski definition) is 1. The highest BCUT2D eigenvalue weighted by Crippen LogP contribution is 2.12. The molecule has 0 bridgehead atoms. The standard InChI is InChI=1S/C21H21ClN4O3/c1-13(2)23-19(27)18-20(28)25(12-15-7-4-6-14(3)10-15)21(29)26(24-18)17-9-5-8-16(22)11-17/h4-11,13H,12H2,1-3H3,(H,23,27). The molecule has 3 rings (SSSR count). The van der Waals surface area contributed by atoms with Crippen LogP contribution in [0.1, 0.15) is 35.5 Å². The largest absolute Gasteiger partial charge is 0.352 e. The van der Waals surface area contributed by atoms with Crippen LogP contribution in [0, 0.1) is 6.92 Å². The van der Waals surface area contributed by atoms with Crippen molar-refractivity contribution in [3.63, 3.8) is 0 Å². The maximum absolute atomic E-state index is 13.1. The Hall–Kier alpha value is -3.19. The summed E-state index contributed by atoms with van der Waals surface area (Å²) in [4.78, 5) is 38.6. The molecule has 0 aliphatic carbocycles. The first-order valence-electron chi connectivity index (χ1n) is 9.13. The summed E-state index contributed by atoms with van der Waals surface area (Å²) in [5.74, 6) is -0.640. The molecule has 150 valence electrons. The van der Waals surface area contributed by atoms with Gasteiger partial charge in [-0.1, -0.05) is 47.5 Å². The zero-order valence-electron chi connectivity index (χ0n) is 16.3. The Balaban J connectivity index is 2.22. The van der Waals surface area contributed by atoms with E-state index >= 15 is 0 Å². The normalized spacial score (nSPS) is 10.9. The van der Waals surface area contributed by atoms with Crippen LogP contribution in [0.2, 0.25) is 5.02 Å². The highest BCUT2D eigenvalue weighted by molar-refractivity contribution is 6.30. The van der Waals surface area contributed by atoms with Gasteiger partial charge in [-0.3, -0.25) is 14.2 Å². The predicted octanol–water partition coefficient (Wildman–Crippen LogP) is 2.54. The first-order valence-corrected chi connectivity index (χ1v) is 9.50. The zero-order valence-corrected chi connectivity index (χ0v) is 17.1. The van der Waals surface area contributed by atoms with Crippen LogP contribution in [-0.2, 0) is 6.54 Å². The molecule has 0 aliphatic heterocycles. The Morgan fingerprint density at radius 2 is 1.86 bits per heavy atom. The number of amides is 1. The monoisotopic (exact) mass is 412 g/mol. The number of nitrogens with one attached hydrogen (secondary N) is 1. The molecule has 0 spiro atoms. The third-order valence-corrected chi connectivity index (χ3v) is 4.41. The minimum Gasteiger partial charge on any atom is -0.348 e. The molecule has 0 aliphatic rings. The van der Waals surface area contributed by atoms with E-state index in [0.29, 0.717) is 10.7 Å². The third-order valence-electron chi connectivity index (χ3n) is 4.17. The first kappa shape index (κ1) is 20.5. The van der Waals surface area contributed by atoms with Gasteiger partial charge in [-0.15, -0.1) is 0 Å². The molecular formula is C21H21ClN4O3. The fraction of sp³-hybridized carbons (Fsp3) is 0.238. The van der Waals surface area contributed by atoms with E-state index in [1.165, 1.54) is 0 Å². The van der Waals surface area contributed by atoms with Gasteiger partial charge in [-0.2, -0.15) is 9.78 Å². The van der Waals surface area contributed by atoms with E-state index in [4.69, 9.17) is 11.6 Å². The van der Waals surface area contributed by atoms with Crippen LogP contribution >= 0.6 is 11.6 Å². The minimum atomic E-state index is -0.743. The van der Waals surface area contributed by atoms with Gasteiger partial charge < -0.3 is 5.32 Å². The molecule has 0 atom stereocenters. The van der Waals surface area contributed by atoms with Gasteiger partial charge in [0, 0.05) is 11.1 Å². The van der Waals surface area contributed by atoms with Gasteiger partial charge in [-0.25, -0.2) is 4.79 Å². The molecule has 1 heterocycles. The summed E-state index contributed by atoms with van der Waals surface area (Å²) in [6.07, 6.45) is 0. The first-order chi connectivity index (χ1) is 13.8. The van der Waals surface area contributed by atoms with Gasteiger partial charge in [0.1, 0.15) is 0 Å². The molecule has 2 aromatic carbocycles. The molecular weight excluding hydrogens is 392 g/mol. The van der Waals surface area contributed by atoms with E-state index in [9.17, 15) is 14.4 Å². The predicted molar refractivity (Wildman–Crippen MR) is 112 cm³/mol. The van der Waals surface area contributed by atoms with Gasteiger partial charge in [0.15, 0.2) is 0 Å². The molecule has 1 N–H and O–H groups in total. The number of halogens is 1. The van der Waals surface area contributed by atoms with Crippen LogP contribution in [0.25, 0.3) is 5.69 Å². The summed E-state index contributed by atoms with van der Waals surface area (Å²) in [5, 5.41) is 7.11. The lowest BCUT2D eigenvalue weighted by molar-refractivity contribution is 0.0933. The molecule has 3 aromatic rings. The lowest BCUT2D eigenvalue weighted by Gasteiger charge is -2.13. The number of carbonyl (C=O) groups is 1. The summed E-state index contributed by atoms with van der Waals surface area (Å²) in [6, 6.07) is 13.8. The van der Waals surface area contributed by atoms with Crippen molar-refractivity contribution in [3.05, 3.63) is 91.2 Å². The van der Waals surface area contributed by atoms with E-state index in [1.807, 2.05) is 31.2 Å². The Morgan fingerprint density at radius 1 is 1.14 bits per heavy atom. The molecule has 0 radical (unpaired) electrons. The number of nitrogens with zero attached hydrogens (tertiary/aromatic N) is 3. The van der Waals surface area contributed by atoms with E-state index in [-0.39, 0.29) is 18.3 Å². The number of hydrogen-bond acceptors (Lipinski definition) is 4. The summed E-state index contributed by atoms with van der Waals surface area (Å²) in [5.41, 5.74) is 0.374. The van der Waals surface area contributed by atoms with Crippen molar-refractivity contribution in [2.24, 2.45) is 0 Å². The molecule has 1 aromatic heterocycles. The van der Waals surface area contributed by atoms with Crippen molar-refractivity contribution >= 4 is 17.5 Å². The van der Waals surface area contributed by atoms with E-state index in [1.54, 1.807) is 38.1 Å². The number of aromatic nitrogens is 3. The lowest BCUT2D eigenvalue weighted by atomic mass is 10.1. The van der Waals surface area contributed by atoms with Gasteiger partial charge in [0.25, 0.3) is 11.5 Å². The average Bonchev–Trinajstić information content (AvgIpc) is 2.64. The highest BCUT2D eigenvalue weighted by Gasteiger charge is 2.21. The second-order valence-corrected chi connectivity index (χ2v) is 7.47. The molecule has 7 nitrogen and oxygen atoms in total. The smallest absolute Gasteiger partial charge is 0.348 e. The Kier molecular flexibility index (Phi) is 5.98. The summed E-state index contributed by atoms with van der Waals surface area (Å²) >= 11 is 6.05. The average molecular weight is 413 g/mol. The molecule has 1 amide bonds. The van der Waals surface area contributed by atoms with Crippen molar-refractivity contribution in [3.8, 4) is 5.69 Å². The second kappa shape index (κ2) is 8.45. The number of rotatable bonds is 5. The molecule has 0 fully saturated rings. The Bertz CT molecular complexity index is 1180. The van der Waals surface area contributed by atoms with Gasteiger partial charge >= 0.3 is 5.69 Å². The van der Waals surface area contributed by atoms with Crippen LogP contribution in [0.15, 0.2) is 58.1 Å². The van der Waals surface area contributed by atoms with Gasteiger partial charge in [-0.05, 0) is 44.5 Å². The van der Waals surface area contributed by atoms with Gasteiger partial charge in [0.05, 0.1) is 12.2 Å². The second-order valence-electron chi connectivity index (χ2n) is 7.03. The topological polar surface area (TPSA) is 86.0 Å². The zero-order chi connectivity index (χ0) is 21.1. The SMILES string of the molecule is Cc1cccc(Cn2c(=O)c(C(=O)NC(C)C)nn(-c3cccc(Cl)c3)c2=O)c1. The van der Waals surface area contributed by atoms with Crippen LogP contribution in [0.3, 0.4) is 0 Å². The van der Waals surface area contributed by atoms with Crippen molar-refractivity contribution in [1.82, 2.24) is 19.7 Å². The Morgan fingerprint density at radius 3 is 2.52 bits per heavy atom. The number of aryl methyl sites for hydroxylation is 1. The Labute approximate surface area is 172 Å². The highest BCUT2D eigenvalue weighted by atomic mass is 35.5. The molecule has 0 unspecified atom stereocenters. The maximum atomic E-state index is 13.1. The van der Waals surface area contributed by atoms with Gasteiger partial charge in [0.2, 0.25) is 5.69 Å². The van der Waals surface area contributed by atoms with E-state index in [0.717, 1.165) is 20.4 Å². The van der Waals surface area contributed by atoms with Crippen LogP contribution < -0.4 is 16.6 Å². The molecule has 0 saturated heterocycles. The number of benzene rings is 2. The van der Waals surface area contributed by atoms with Crippen LogP contribution in [0.5, 0.6) is 0 Å². The van der Waals surface area contributed by atoms with Crippen molar-refractivity contribution in [2.75, 3.05) is 0 Å². The summed E-state index contributed by atoms with van der Waals surface area (Å²) in [6.45, 7) is 5.49.